The molecule has 160 valence electrons. The van der Waals surface area contributed by atoms with Crippen molar-refractivity contribution in [2.75, 3.05) is 39.0 Å². The molecule has 1 fully saturated rings. The van der Waals surface area contributed by atoms with Crippen molar-refractivity contribution in [1.29, 1.82) is 0 Å². The van der Waals surface area contributed by atoms with Gasteiger partial charge >= 0.3 is 5.97 Å². The number of hydrogen-bond acceptors (Lipinski definition) is 5. The Hall–Kier alpha value is -2.02. The number of nitrogens with zero attached hydrogens (tertiary/aromatic N) is 2. The van der Waals surface area contributed by atoms with E-state index in [1.165, 1.54) is 5.56 Å². The van der Waals surface area contributed by atoms with Gasteiger partial charge in [-0.1, -0.05) is 35.9 Å². The number of carbonyl (C=O) groups is 2. The molecule has 30 heavy (non-hydrogen) atoms. The first-order valence-corrected chi connectivity index (χ1v) is 11.8. The Morgan fingerprint density at radius 2 is 1.67 bits per heavy atom. The highest BCUT2D eigenvalue weighted by atomic mass is 35.5. The minimum Gasteiger partial charge on any atom is -0.465 e. The second kappa shape index (κ2) is 10.8. The second-order valence-electron chi connectivity index (χ2n) is 7.16. The fourth-order valence-corrected chi connectivity index (χ4v) is 4.29. The van der Waals surface area contributed by atoms with Gasteiger partial charge in [-0.25, -0.2) is 4.79 Å². The van der Waals surface area contributed by atoms with Crippen LogP contribution in [-0.2, 0) is 15.3 Å². The van der Waals surface area contributed by atoms with Gasteiger partial charge in [0.05, 0.1) is 6.61 Å². The monoisotopic (exact) mass is 446 g/mol. The third-order valence-corrected chi connectivity index (χ3v) is 6.05. The minimum atomic E-state index is -0.495. The molecule has 1 saturated heterocycles. The lowest BCUT2D eigenvalue weighted by Crippen LogP contribution is -2.51. The van der Waals surface area contributed by atoms with E-state index < -0.39 is 6.04 Å². The minimum absolute atomic E-state index is 0.0320. The van der Waals surface area contributed by atoms with Gasteiger partial charge in [0, 0.05) is 42.5 Å². The summed E-state index contributed by atoms with van der Waals surface area (Å²) in [5.41, 5.74) is 2.76. The summed E-state index contributed by atoms with van der Waals surface area (Å²) in [7, 11) is 0. The predicted molar refractivity (Wildman–Crippen MR) is 122 cm³/mol. The lowest BCUT2D eigenvalue weighted by Gasteiger charge is -2.38. The van der Waals surface area contributed by atoms with E-state index >= 15 is 0 Å². The van der Waals surface area contributed by atoms with E-state index in [1.807, 2.05) is 41.3 Å². The first-order valence-electron chi connectivity index (χ1n) is 10.1. The maximum atomic E-state index is 12.9. The van der Waals surface area contributed by atoms with Crippen LogP contribution in [0.2, 0.25) is 5.02 Å². The number of thioether (sulfide) groups is 1. The molecule has 1 amide bonds. The summed E-state index contributed by atoms with van der Waals surface area (Å²) < 4.78 is 5.32. The summed E-state index contributed by atoms with van der Waals surface area (Å²) >= 11 is 7.77. The molecular formula is C23H27ClN2O3S. The molecule has 1 atom stereocenters. The average molecular weight is 447 g/mol. The van der Waals surface area contributed by atoms with Gasteiger partial charge in [-0.15, -0.1) is 0 Å². The zero-order valence-corrected chi connectivity index (χ0v) is 18.9. The summed E-state index contributed by atoms with van der Waals surface area (Å²) in [4.78, 5) is 29.5. The topological polar surface area (TPSA) is 49.9 Å². The largest absolute Gasteiger partial charge is 0.465 e. The number of ether oxygens (including phenoxy) is 1. The maximum Gasteiger partial charge on any atom is 0.328 e. The third-order valence-electron chi connectivity index (χ3n) is 5.17. The molecular weight excluding hydrogens is 420 g/mol. The Kier molecular flexibility index (Phi) is 8.19. The molecule has 2 aromatic rings. The van der Waals surface area contributed by atoms with Gasteiger partial charge in [-0.2, -0.15) is 11.8 Å². The van der Waals surface area contributed by atoms with Crippen LogP contribution in [0.25, 0.3) is 0 Å². The molecule has 0 bridgehead atoms. The molecule has 0 radical (unpaired) electrons. The molecule has 1 aliphatic rings. The van der Waals surface area contributed by atoms with Crippen LogP contribution in [0.15, 0.2) is 48.5 Å². The first kappa shape index (κ1) is 22.7. The standard InChI is InChI=1S/C23H27ClN2O3S/c1-3-29-23(28)21(18-8-10-20(24)11-9-18)25-12-14-26(15-13-25)22(27)19-6-4-17(5-7-19)16-30-2/h4-11,21H,3,12-16H2,1-2H3. The van der Waals surface area contributed by atoms with Crippen molar-refractivity contribution in [3.05, 3.63) is 70.2 Å². The Balaban J connectivity index is 1.67. The van der Waals surface area contributed by atoms with Gasteiger partial charge in [0.15, 0.2) is 0 Å². The number of piperazine rings is 1. The fraction of sp³-hybridized carbons (Fsp3) is 0.391. The normalized spacial score (nSPS) is 15.6. The number of hydrogen-bond donors (Lipinski definition) is 0. The van der Waals surface area contributed by atoms with E-state index in [2.05, 4.69) is 11.2 Å². The number of halogens is 1. The summed E-state index contributed by atoms with van der Waals surface area (Å²) in [6.07, 6.45) is 2.06. The zero-order valence-electron chi connectivity index (χ0n) is 17.3. The van der Waals surface area contributed by atoms with E-state index in [-0.39, 0.29) is 11.9 Å². The van der Waals surface area contributed by atoms with Crippen molar-refractivity contribution in [3.8, 4) is 0 Å². The molecule has 0 aliphatic carbocycles. The second-order valence-corrected chi connectivity index (χ2v) is 8.47. The van der Waals surface area contributed by atoms with Crippen LogP contribution in [0.5, 0.6) is 0 Å². The van der Waals surface area contributed by atoms with Crippen molar-refractivity contribution in [1.82, 2.24) is 9.80 Å². The Labute approximate surface area is 187 Å². The van der Waals surface area contributed by atoms with E-state index in [0.717, 1.165) is 11.3 Å². The molecule has 0 spiro atoms. The fourth-order valence-electron chi connectivity index (χ4n) is 3.64. The van der Waals surface area contributed by atoms with Crippen molar-refractivity contribution in [3.63, 3.8) is 0 Å². The van der Waals surface area contributed by atoms with Crippen LogP contribution >= 0.6 is 23.4 Å². The Morgan fingerprint density at radius 1 is 1.03 bits per heavy atom. The zero-order chi connectivity index (χ0) is 21.5. The van der Waals surface area contributed by atoms with E-state index in [4.69, 9.17) is 16.3 Å². The van der Waals surface area contributed by atoms with Crippen molar-refractivity contribution >= 4 is 35.2 Å². The van der Waals surface area contributed by atoms with E-state index in [9.17, 15) is 9.59 Å². The summed E-state index contributed by atoms with van der Waals surface area (Å²) in [6, 6.07) is 14.6. The van der Waals surface area contributed by atoms with Crippen molar-refractivity contribution in [2.45, 2.75) is 18.7 Å². The van der Waals surface area contributed by atoms with E-state index in [1.54, 1.807) is 30.8 Å². The molecule has 0 N–H and O–H groups in total. The van der Waals surface area contributed by atoms with Crippen LogP contribution in [0.3, 0.4) is 0 Å². The SMILES string of the molecule is CCOC(=O)C(c1ccc(Cl)cc1)N1CCN(C(=O)c2ccc(CSC)cc2)CC1. The van der Waals surface area contributed by atoms with Gasteiger partial charge in [0.25, 0.3) is 5.91 Å². The highest BCUT2D eigenvalue weighted by molar-refractivity contribution is 7.97. The van der Waals surface area contributed by atoms with Crippen LogP contribution in [-0.4, -0.2) is 60.7 Å². The highest BCUT2D eigenvalue weighted by Crippen LogP contribution is 2.26. The van der Waals surface area contributed by atoms with Crippen LogP contribution < -0.4 is 0 Å². The molecule has 3 rings (SSSR count). The van der Waals surface area contributed by atoms with Gasteiger partial charge in [-0.3, -0.25) is 9.69 Å². The Bertz CT molecular complexity index is 850. The molecule has 0 saturated carbocycles. The molecule has 2 aromatic carbocycles. The first-order chi connectivity index (χ1) is 14.5. The average Bonchev–Trinajstić information content (AvgIpc) is 2.76. The van der Waals surface area contributed by atoms with E-state index in [0.29, 0.717) is 43.4 Å². The van der Waals surface area contributed by atoms with Gasteiger partial charge < -0.3 is 9.64 Å². The van der Waals surface area contributed by atoms with Crippen LogP contribution in [0.4, 0.5) is 0 Å². The summed E-state index contributed by atoms with van der Waals surface area (Å²) in [6.45, 7) is 4.46. The maximum absolute atomic E-state index is 12.9. The van der Waals surface area contributed by atoms with Crippen molar-refractivity contribution in [2.24, 2.45) is 0 Å². The molecule has 1 unspecified atom stereocenters. The lowest BCUT2D eigenvalue weighted by molar-refractivity contribution is -0.150. The van der Waals surface area contributed by atoms with Gasteiger partial charge in [-0.05, 0) is 48.6 Å². The number of carbonyl (C=O) groups excluding carboxylic acids is 2. The Morgan fingerprint density at radius 3 is 2.23 bits per heavy atom. The predicted octanol–water partition coefficient (Wildman–Crippen LogP) is 4.27. The van der Waals surface area contributed by atoms with Crippen LogP contribution in [0.1, 0.15) is 34.5 Å². The number of benzene rings is 2. The molecule has 7 heteroatoms. The third kappa shape index (κ3) is 5.56. The molecule has 0 aromatic heterocycles. The molecule has 5 nitrogen and oxygen atoms in total. The molecule has 1 aliphatic heterocycles. The summed E-state index contributed by atoms with van der Waals surface area (Å²) in [5, 5.41) is 0.625. The smallest absolute Gasteiger partial charge is 0.328 e. The van der Waals surface area contributed by atoms with Crippen LogP contribution in [0, 0.1) is 0 Å². The highest BCUT2D eigenvalue weighted by Gasteiger charge is 2.32. The van der Waals surface area contributed by atoms with Gasteiger partial charge in [0.2, 0.25) is 0 Å². The van der Waals surface area contributed by atoms with Gasteiger partial charge in [0.1, 0.15) is 6.04 Å². The summed E-state index contributed by atoms with van der Waals surface area (Å²) in [5.74, 6) is 0.695. The lowest BCUT2D eigenvalue weighted by atomic mass is 10.0. The molecule has 1 heterocycles. The number of esters is 1. The number of rotatable bonds is 7. The number of amides is 1. The van der Waals surface area contributed by atoms with Crippen molar-refractivity contribution < 1.29 is 14.3 Å². The quantitative estimate of drug-likeness (QED) is 0.594.